The molecular formula is C7H13NO2. The van der Waals surface area contributed by atoms with Crippen molar-refractivity contribution in [3.63, 3.8) is 0 Å². The molecule has 0 rings (SSSR count). The molecule has 0 radical (unpaired) electrons. The Morgan fingerprint density at radius 1 is 1.70 bits per heavy atom. The Bertz CT molecular complexity index is 141. The smallest absolute Gasteiger partial charge is 0.333 e. The second-order valence-electron chi connectivity index (χ2n) is 1.96. The molecule has 0 aromatic rings. The minimum absolute atomic E-state index is 0.284. The van der Waals surface area contributed by atoms with Crippen molar-refractivity contribution in [2.75, 3.05) is 13.7 Å². The van der Waals surface area contributed by atoms with Gasteiger partial charge in [0.25, 0.3) is 0 Å². The van der Waals surface area contributed by atoms with Gasteiger partial charge in [-0.25, -0.2) is 4.79 Å². The third kappa shape index (κ3) is 3.25. The van der Waals surface area contributed by atoms with Gasteiger partial charge in [0.05, 0.1) is 7.11 Å². The van der Waals surface area contributed by atoms with E-state index in [0.717, 1.165) is 6.42 Å². The van der Waals surface area contributed by atoms with Gasteiger partial charge in [0.1, 0.15) is 0 Å². The fourth-order valence-corrected chi connectivity index (χ4v) is 0.544. The molecule has 3 nitrogen and oxygen atoms in total. The van der Waals surface area contributed by atoms with E-state index in [-0.39, 0.29) is 5.97 Å². The number of methoxy groups -OCH3 is 1. The zero-order valence-electron chi connectivity index (χ0n) is 6.39. The molecule has 0 aliphatic carbocycles. The van der Waals surface area contributed by atoms with Gasteiger partial charge < -0.3 is 10.5 Å². The van der Waals surface area contributed by atoms with E-state index in [4.69, 9.17) is 5.73 Å². The van der Waals surface area contributed by atoms with Crippen LogP contribution in [0.5, 0.6) is 0 Å². The van der Waals surface area contributed by atoms with E-state index in [1.807, 2.05) is 0 Å². The summed E-state index contributed by atoms with van der Waals surface area (Å²) < 4.78 is 4.46. The molecule has 0 spiro atoms. The van der Waals surface area contributed by atoms with Crippen LogP contribution in [0.3, 0.4) is 0 Å². The second-order valence-corrected chi connectivity index (χ2v) is 1.96. The molecule has 0 atom stereocenters. The molecule has 2 N–H and O–H groups in total. The van der Waals surface area contributed by atoms with E-state index in [9.17, 15) is 4.79 Å². The van der Waals surface area contributed by atoms with Gasteiger partial charge in [-0.1, -0.05) is 6.08 Å². The maximum Gasteiger partial charge on any atom is 0.333 e. The van der Waals surface area contributed by atoms with Crippen LogP contribution in [0.2, 0.25) is 0 Å². The van der Waals surface area contributed by atoms with Gasteiger partial charge in [-0.15, -0.1) is 0 Å². The van der Waals surface area contributed by atoms with Crippen LogP contribution in [-0.4, -0.2) is 19.6 Å². The summed E-state index contributed by atoms with van der Waals surface area (Å²) in [6, 6.07) is 0. The number of carbonyl (C=O) groups excluding carboxylic acids is 1. The van der Waals surface area contributed by atoms with Crippen LogP contribution in [0.15, 0.2) is 11.6 Å². The van der Waals surface area contributed by atoms with Crippen molar-refractivity contribution in [3.8, 4) is 0 Å². The molecule has 0 saturated heterocycles. The highest BCUT2D eigenvalue weighted by Gasteiger charge is 1.99. The Balaban J connectivity index is 3.80. The molecule has 0 aliphatic heterocycles. The third-order valence-corrected chi connectivity index (χ3v) is 1.12. The Labute approximate surface area is 60.9 Å². The largest absolute Gasteiger partial charge is 0.466 e. The molecule has 0 aromatic carbocycles. The van der Waals surface area contributed by atoms with Gasteiger partial charge in [-0.3, -0.25) is 0 Å². The molecule has 3 heteroatoms. The van der Waals surface area contributed by atoms with Crippen molar-refractivity contribution in [2.24, 2.45) is 5.73 Å². The second kappa shape index (κ2) is 4.99. The van der Waals surface area contributed by atoms with Crippen LogP contribution >= 0.6 is 0 Å². The average molecular weight is 143 g/mol. The fourth-order valence-electron chi connectivity index (χ4n) is 0.544. The van der Waals surface area contributed by atoms with Gasteiger partial charge >= 0.3 is 5.97 Å². The number of nitrogens with two attached hydrogens (primary N) is 1. The normalized spacial score (nSPS) is 11.3. The molecule has 0 aromatic heterocycles. The third-order valence-electron chi connectivity index (χ3n) is 1.12. The molecule has 58 valence electrons. The first-order valence-corrected chi connectivity index (χ1v) is 3.17. The Morgan fingerprint density at radius 3 is 2.70 bits per heavy atom. The monoisotopic (exact) mass is 143 g/mol. The predicted octanol–water partition coefficient (Wildman–Crippen LogP) is 0.455. The van der Waals surface area contributed by atoms with Gasteiger partial charge in [-0.05, 0) is 19.9 Å². The first kappa shape index (κ1) is 9.17. The number of esters is 1. The predicted molar refractivity (Wildman–Crippen MR) is 39.4 cm³/mol. The minimum Gasteiger partial charge on any atom is -0.466 e. The van der Waals surface area contributed by atoms with E-state index in [1.165, 1.54) is 7.11 Å². The van der Waals surface area contributed by atoms with Crippen molar-refractivity contribution in [1.82, 2.24) is 0 Å². The number of rotatable bonds is 3. The molecule has 10 heavy (non-hydrogen) atoms. The Kier molecular flexibility index (Phi) is 4.58. The molecular weight excluding hydrogens is 130 g/mol. The van der Waals surface area contributed by atoms with Crippen molar-refractivity contribution in [3.05, 3.63) is 11.6 Å². The highest BCUT2D eigenvalue weighted by atomic mass is 16.5. The van der Waals surface area contributed by atoms with Crippen LogP contribution in [-0.2, 0) is 9.53 Å². The topological polar surface area (TPSA) is 52.3 Å². The standard InChI is InChI=1S/C7H13NO2/c1-6(4-3-5-8)7(9)10-2/h4H,3,5,8H2,1-2H3. The van der Waals surface area contributed by atoms with Gasteiger partial charge in [0.2, 0.25) is 0 Å². The maximum atomic E-state index is 10.7. The molecule has 0 heterocycles. The van der Waals surface area contributed by atoms with E-state index < -0.39 is 0 Å². The summed E-state index contributed by atoms with van der Waals surface area (Å²) in [5.41, 5.74) is 5.84. The lowest BCUT2D eigenvalue weighted by atomic mass is 10.2. The van der Waals surface area contributed by atoms with Crippen LogP contribution in [0.4, 0.5) is 0 Å². The zero-order valence-corrected chi connectivity index (χ0v) is 6.39. The summed E-state index contributed by atoms with van der Waals surface area (Å²) in [4.78, 5) is 10.7. The molecule has 0 bridgehead atoms. The maximum absolute atomic E-state index is 10.7. The van der Waals surface area contributed by atoms with Crippen LogP contribution in [0.25, 0.3) is 0 Å². The average Bonchev–Trinajstić information content (AvgIpc) is 1.98. The minimum atomic E-state index is -0.284. The molecule has 0 saturated carbocycles. The van der Waals surface area contributed by atoms with E-state index in [0.29, 0.717) is 12.1 Å². The Hall–Kier alpha value is -0.830. The van der Waals surface area contributed by atoms with E-state index in [1.54, 1.807) is 13.0 Å². The number of ether oxygens (including phenoxy) is 1. The van der Waals surface area contributed by atoms with Crippen LogP contribution in [0.1, 0.15) is 13.3 Å². The lowest BCUT2D eigenvalue weighted by Gasteiger charge is -1.96. The highest BCUT2D eigenvalue weighted by molar-refractivity contribution is 5.87. The van der Waals surface area contributed by atoms with Gasteiger partial charge in [-0.2, -0.15) is 0 Å². The number of carbonyl (C=O) groups is 1. The molecule has 0 unspecified atom stereocenters. The van der Waals surface area contributed by atoms with Crippen molar-refractivity contribution in [2.45, 2.75) is 13.3 Å². The van der Waals surface area contributed by atoms with Gasteiger partial charge in [0, 0.05) is 5.57 Å². The quantitative estimate of drug-likeness (QED) is 0.461. The Morgan fingerprint density at radius 2 is 2.30 bits per heavy atom. The lowest BCUT2D eigenvalue weighted by Crippen LogP contribution is -2.03. The summed E-state index contributed by atoms with van der Waals surface area (Å²) in [6.07, 6.45) is 2.49. The zero-order chi connectivity index (χ0) is 7.98. The van der Waals surface area contributed by atoms with Crippen molar-refractivity contribution in [1.29, 1.82) is 0 Å². The van der Waals surface area contributed by atoms with E-state index in [2.05, 4.69) is 4.74 Å². The van der Waals surface area contributed by atoms with E-state index >= 15 is 0 Å². The van der Waals surface area contributed by atoms with Gasteiger partial charge in [0.15, 0.2) is 0 Å². The van der Waals surface area contributed by atoms with Crippen LogP contribution in [0, 0.1) is 0 Å². The highest BCUT2D eigenvalue weighted by Crippen LogP contribution is 1.96. The summed E-state index contributed by atoms with van der Waals surface area (Å²) in [6.45, 7) is 2.27. The SMILES string of the molecule is COC(=O)C(C)=CCCN. The molecule has 0 aliphatic rings. The first-order valence-electron chi connectivity index (χ1n) is 3.17. The van der Waals surface area contributed by atoms with Crippen LogP contribution < -0.4 is 5.73 Å². The molecule has 0 amide bonds. The first-order chi connectivity index (χ1) is 4.72. The van der Waals surface area contributed by atoms with Crippen molar-refractivity contribution < 1.29 is 9.53 Å². The fraction of sp³-hybridized carbons (Fsp3) is 0.571. The van der Waals surface area contributed by atoms with Crippen molar-refractivity contribution >= 4 is 5.97 Å². The lowest BCUT2D eigenvalue weighted by molar-refractivity contribution is -0.136. The summed E-state index contributed by atoms with van der Waals surface area (Å²) in [7, 11) is 1.36. The summed E-state index contributed by atoms with van der Waals surface area (Å²) >= 11 is 0. The number of hydrogen-bond acceptors (Lipinski definition) is 3. The molecule has 0 fully saturated rings. The summed E-state index contributed by atoms with van der Waals surface area (Å²) in [5, 5.41) is 0. The summed E-state index contributed by atoms with van der Waals surface area (Å²) in [5.74, 6) is -0.284. The number of hydrogen-bond donors (Lipinski definition) is 1.